The first kappa shape index (κ1) is 14.3. The summed E-state index contributed by atoms with van der Waals surface area (Å²) in [4.78, 5) is 11.8. The van der Waals surface area contributed by atoms with E-state index < -0.39 is 0 Å². The minimum Gasteiger partial charge on any atom is -0.496 e. The lowest BCUT2D eigenvalue weighted by Gasteiger charge is -2.10. The first-order valence-electron chi connectivity index (χ1n) is 5.92. The summed E-state index contributed by atoms with van der Waals surface area (Å²) in [5, 5.41) is 14.3. The first-order valence-corrected chi connectivity index (χ1v) is 6.30. The Bertz CT molecular complexity index is 614. The zero-order chi connectivity index (χ0) is 14.5. The molecule has 0 aliphatic carbocycles. The second-order valence-corrected chi connectivity index (χ2v) is 4.55. The number of hydrogen-bond acceptors (Lipinski definition) is 5. The van der Waals surface area contributed by atoms with Gasteiger partial charge in [-0.2, -0.15) is 0 Å². The van der Waals surface area contributed by atoms with E-state index in [0.29, 0.717) is 23.1 Å². The molecule has 7 nitrogen and oxygen atoms in total. The molecule has 0 saturated carbocycles. The predicted octanol–water partition coefficient (Wildman–Crippen LogP) is 0.960. The zero-order valence-corrected chi connectivity index (χ0v) is 11.9. The van der Waals surface area contributed by atoms with Crippen molar-refractivity contribution in [1.82, 2.24) is 25.5 Å². The summed E-state index contributed by atoms with van der Waals surface area (Å²) in [5.41, 5.74) is 0.807. The van der Waals surface area contributed by atoms with Crippen LogP contribution < -0.4 is 10.1 Å². The van der Waals surface area contributed by atoms with E-state index in [4.69, 9.17) is 16.3 Å². The van der Waals surface area contributed by atoms with Crippen LogP contribution in [0, 0.1) is 6.92 Å². The van der Waals surface area contributed by atoms with Crippen LogP contribution in [0.2, 0.25) is 5.02 Å². The molecule has 20 heavy (non-hydrogen) atoms. The van der Waals surface area contributed by atoms with Gasteiger partial charge in [0.05, 0.1) is 7.11 Å². The van der Waals surface area contributed by atoms with Crippen molar-refractivity contribution in [3.05, 3.63) is 34.6 Å². The highest BCUT2D eigenvalue weighted by atomic mass is 35.5. The molecule has 0 fully saturated rings. The van der Waals surface area contributed by atoms with Crippen LogP contribution in [0.5, 0.6) is 5.75 Å². The minimum atomic E-state index is -0.192. The quantitative estimate of drug-likeness (QED) is 0.888. The molecule has 106 valence electrons. The number of benzene rings is 1. The van der Waals surface area contributed by atoms with Crippen molar-refractivity contribution in [3.63, 3.8) is 0 Å². The average Bonchev–Trinajstić information content (AvgIpc) is 2.82. The third kappa shape index (κ3) is 3.45. The second kappa shape index (κ2) is 6.33. The number of ether oxygens (including phenoxy) is 1. The number of amides is 1. The van der Waals surface area contributed by atoms with Crippen LogP contribution in [0.15, 0.2) is 18.2 Å². The van der Waals surface area contributed by atoms with Gasteiger partial charge in [0.25, 0.3) is 0 Å². The summed E-state index contributed by atoms with van der Waals surface area (Å²) in [6.07, 6.45) is 0. The topological polar surface area (TPSA) is 81.9 Å². The molecule has 1 amide bonds. The number of carbonyl (C=O) groups excluding carboxylic acids is 1. The third-order valence-corrected chi connectivity index (χ3v) is 2.96. The maximum atomic E-state index is 11.8. The Morgan fingerprint density at radius 1 is 1.50 bits per heavy atom. The number of hydrogen-bond donors (Lipinski definition) is 1. The number of aryl methyl sites for hydroxylation is 1. The fourth-order valence-electron chi connectivity index (χ4n) is 1.67. The molecule has 0 bridgehead atoms. The number of carbonyl (C=O) groups is 1. The highest BCUT2D eigenvalue weighted by Gasteiger charge is 2.09. The molecule has 2 aromatic rings. The Kier molecular flexibility index (Phi) is 4.52. The minimum absolute atomic E-state index is 0.0711. The summed E-state index contributed by atoms with van der Waals surface area (Å²) in [6.45, 7) is 2.12. The van der Waals surface area contributed by atoms with E-state index in [1.807, 2.05) is 0 Å². The summed E-state index contributed by atoms with van der Waals surface area (Å²) >= 11 is 5.93. The molecular weight excluding hydrogens is 282 g/mol. The number of halogens is 1. The molecule has 1 heterocycles. The highest BCUT2D eigenvalue weighted by Crippen LogP contribution is 2.22. The van der Waals surface area contributed by atoms with Crippen molar-refractivity contribution in [2.45, 2.75) is 20.0 Å². The van der Waals surface area contributed by atoms with E-state index in [9.17, 15) is 4.79 Å². The van der Waals surface area contributed by atoms with Gasteiger partial charge in [-0.05, 0) is 35.5 Å². The standard InChI is InChI=1S/C12H14ClN5O2/c1-8-15-16-17-18(8)7-12(19)14-6-9-5-10(13)3-4-11(9)20-2/h3-5H,6-7H2,1-2H3,(H,14,19). The molecule has 1 aromatic heterocycles. The fraction of sp³-hybridized carbons (Fsp3) is 0.333. The monoisotopic (exact) mass is 295 g/mol. The molecular formula is C12H14ClN5O2. The van der Waals surface area contributed by atoms with Crippen molar-refractivity contribution in [2.75, 3.05) is 7.11 Å². The van der Waals surface area contributed by atoms with Crippen molar-refractivity contribution in [3.8, 4) is 5.75 Å². The molecule has 2 rings (SSSR count). The van der Waals surface area contributed by atoms with Gasteiger partial charge in [-0.25, -0.2) is 4.68 Å². The lowest BCUT2D eigenvalue weighted by atomic mass is 10.2. The molecule has 0 aliphatic heterocycles. The van der Waals surface area contributed by atoms with Gasteiger partial charge in [-0.1, -0.05) is 11.6 Å². The average molecular weight is 296 g/mol. The first-order chi connectivity index (χ1) is 9.60. The summed E-state index contributed by atoms with van der Waals surface area (Å²) in [6, 6.07) is 5.24. The molecule has 8 heteroatoms. The zero-order valence-electron chi connectivity index (χ0n) is 11.1. The van der Waals surface area contributed by atoms with Crippen LogP contribution >= 0.6 is 11.6 Å². The van der Waals surface area contributed by atoms with Gasteiger partial charge in [0.2, 0.25) is 5.91 Å². The Hall–Kier alpha value is -2.15. The van der Waals surface area contributed by atoms with E-state index in [2.05, 4.69) is 20.8 Å². The number of aromatic nitrogens is 4. The number of nitrogens with zero attached hydrogens (tertiary/aromatic N) is 4. The molecule has 0 aliphatic rings. The third-order valence-electron chi connectivity index (χ3n) is 2.72. The summed E-state index contributed by atoms with van der Waals surface area (Å²) in [5.74, 6) is 1.07. The van der Waals surface area contributed by atoms with Crippen molar-refractivity contribution in [2.24, 2.45) is 0 Å². The normalized spacial score (nSPS) is 10.3. The maximum absolute atomic E-state index is 11.8. The van der Waals surface area contributed by atoms with E-state index >= 15 is 0 Å². The van der Waals surface area contributed by atoms with E-state index in [-0.39, 0.29) is 12.5 Å². The predicted molar refractivity (Wildman–Crippen MR) is 72.4 cm³/mol. The summed E-state index contributed by atoms with van der Waals surface area (Å²) < 4.78 is 6.63. The van der Waals surface area contributed by atoms with Crippen molar-refractivity contribution < 1.29 is 9.53 Å². The molecule has 0 radical (unpaired) electrons. The molecule has 1 N–H and O–H groups in total. The van der Waals surface area contributed by atoms with Gasteiger partial charge in [0, 0.05) is 17.1 Å². The highest BCUT2D eigenvalue weighted by molar-refractivity contribution is 6.30. The number of tetrazole rings is 1. The smallest absolute Gasteiger partial charge is 0.242 e. The number of methoxy groups -OCH3 is 1. The lowest BCUT2D eigenvalue weighted by Crippen LogP contribution is -2.28. The van der Waals surface area contributed by atoms with Crippen LogP contribution in [0.4, 0.5) is 0 Å². The number of nitrogens with one attached hydrogen (secondary N) is 1. The van der Waals surface area contributed by atoms with Gasteiger partial charge >= 0.3 is 0 Å². The Morgan fingerprint density at radius 2 is 2.30 bits per heavy atom. The van der Waals surface area contributed by atoms with Crippen LogP contribution in [0.3, 0.4) is 0 Å². The lowest BCUT2D eigenvalue weighted by molar-refractivity contribution is -0.122. The summed E-state index contributed by atoms with van der Waals surface area (Å²) in [7, 11) is 1.57. The van der Waals surface area contributed by atoms with Crippen LogP contribution in [0.1, 0.15) is 11.4 Å². The van der Waals surface area contributed by atoms with Gasteiger partial charge in [-0.3, -0.25) is 4.79 Å². The molecule has 0 atom stereocenters. The molecule has 1 aromatic carbocycles. The Balaban J connectivity index is 1.97. The Labute approximate surface area is 120 Å². The van der Waals surface area contributed by atoms with E-state index in [1.54, 1.807) is 32.2 Å². The van der Waals surface area contributed by atoms with Crippen LogP contribution in [0.25, 0.3) is 0 Å². The SMILES string of the molecule is COc1ccc(Cl)cc1CNC(=O)Cn1nnnc1C. The Morgan fingerprint density at radius 3 is 2.95 bits per heavy atom. The van der Waals surface area contributed by atoms with Crippen LogP contribution in [-0.4, -0.2) is 33.2 Å². The van der Waals surface area contributed by atoms with Gasteiger partial charge in [0.15, 0.2) is 0 Å². The fourth-order valence-corrected chi connectivity index (χ4v) is 1.86. The molecule has 0 spiro atoms. The van der Waals surface area contributed by atoms with Crippen LogP contribution in [-0.2, 0) is 17.9 Å². The number of rotatable bonds is 5. The van der Waals surface area contributed by atoms with E-state index in [0.717, 1.165) is 5.56 Å². The van der Waals surface area contributed by atoms with Crippen molar-refractivity contribution in [1.29, 1.82) is 0 Å². The van der Waals surface area contributed by atoms with Gasteiger partial charge in [-0.15, -0.1) is 5.10 Å². The van der Waals surface area contributed by atoms with E-state index in [1.165, 1.54) is 4.68 Å². The molecule has 0 unspecified atom stereocenters. The van der Waals surface area contributed by atoms with Gasteiger partial charge < -0.3 is 10.1 Å². The van der Waals surface area contributed by atoms with Crippen molar-refractivity contribution >= 4 is 17.5 Å². The second-order valence-electron chi connectivity index (χ2n) is 4.12. The maximum Gasteiger partial charge on any atom is 0.242 e. The van der Waals surface area contributed by atoms with Gasteiger partial charge in [0.1, 0.15) is 18.1 Å². The molecule has 0 saturated heterocycles. The largest absolute Gasteiger partial charge is 0.496 e.